The number of nitrogens with one attached hydrogen (secondary N) is 2. The first kappa shape index (κ1) is 31.3. The summed E-state index contributed by atoms with van der Waals surface area (Å²) in [5.41, 5.74) is 3.36. The van der Waals surface area contributed by atoms with Gasteiger partial charge in [-0.1, -0.05) is 70.4 Å². The van der Waals surface area contributed by atoms with Crippen LogP contribution in [0.2, 0.25) is 0 Å². The van der Waals surface area contributed by atoms with Gasteiger partial charge in [0.15, 0.2) is 0 Å². The van der Waals surface area contributed by atoms with Crippen molar-refractivity contribution in [1.29, 1.82) is 0 Å². The summed E-state index contributed by atoms with van der Waals surface area (Å²) in [7, 11) is 0. The van der Waals surface area contributed by atoms with Gasteiger partial charge in [-0.05, 0) is 67.9 Å². The first-order chi connectivity index (χ1) is 19.3. The van der Waals surface area contributed by atoms with Crippen molar-refractivity contribution < 1.29 is 19.1 Å². The van der Waals surface area contributed by atoms with Crippen LogP contribution in [0.1, 0.15) is 87.7 Å². The lowest BCUT2D eigenvalue weighted by atomic mass is 9.99. The Hall–Kier alpha value is -3.19. The second-order valence-corrected chi connectivity index (χ2v) is 11.5. The Kier molecular flexibility index (Phi) is 12.7. The fourth-order valence-corrected chi connectivity index (χ4v) is 5.32. The van der Waals surface area contributed by atoms with Gasteiger partial charge in [-0.2, -0.15) is 0 Å². The third-order valence-corrected chi connectivity index (χ3v) is 7.54. The molecule has 0 bridgehead atoms. The Bertz CT molecular complexity index is 1090. The van der Waals surface area contributed by atoms with E-state index in [1.807, 2.05) is 48.5 Å². The maximum Gasteiger partial charge on any atom is 0.293 e. The van der Waals surface area contributed by atoms with Crippen LogP contribution in [-0.2, 0) is 27.2 Å². The summed E-state index contributed by atoms with van der Waals surface area (Å²) in [4.78, 5) is 39.5. The third kappa shape index (κ3) is 9.77. The summed E-state index contributed by atoms with van der Waals surface area (Å²) in [6.45, 7) is 10.3. The fraction of sp³-hybridized carbons (Fsp3) is 0.545. The first-order valence-corrected chi connectivity index (χ1v) is 14.9. The van der Waals surface area contributed by atoms with E-state index in [4.69, 9.17) is 4.74 Å². The lowest BCUT2D eigenvalue weighted by Crippen LogP contribution is -2.51. The van der Waals surface area contributed by atoms with E-state index < -0.39 is 12.1 Å². The highest BCUT2D eigenvalue weighted by atomic mass is 16.5. The molecule has 0 radical (unpaired) electrons. The largest absolute Gasteiger partial charge is 0.461 e. The van der Waals surface area contributed by atoms with Crippen LogP contribution in [0.15, 0.2) is 48.5 Å². The molecule has 3 rings (SSSR count). The fourth-order valence-electron chi connectivity index (χ4n) is 5.32. The number of carbonyl (C=O) groups is 3. The number of nitrogens with zero attached hydrogens (tertiary/aromatic N) is 1. The number of hydrogen-bond donors (Lipinski definition) is 2. The Morgan fingerprint density at radius 2 is 1.85 bits per heavy atom. The summed E-state index contributed by atoms with van der Waals surface area (Å²) in [6, 6.07) is 15.5. The summed E-state index contributed by atoms with van der Waals surface area (Å²) in [5, 5.41) is 6.70. The van der Waals surface area contributed by atoms with E-state index in [2.05, 4.69) is 38.3 Å². The second kappa shape index (κ2) is 16.2. The van der Waals surface area contributed by atoms with E-state index in [9.17, 15) is 14.4 Å². The quantitative estimate of drug-likeness (QED) is 0.256. The van der Waals surface area contributed by atoms with Crippen LogP contribution in [0.3, 0.4) is 0 Å². The molecule has 2 amide bonds. The highest BCUT2D eigenvalue weighted by Crippen LogP contribution is 2.25. The number of rotatable bonds is 17. The minimum Gasteiger partial charge on any atom is -0.461 e. The van der Waals surface area contributed by atoms with Crippen LogP contribution in [0, 0.1) is 5.92 Å². The van der Waals surface area contributed by atoms with Crippen molar-refractivity contribution in [2.24, 2.45) is 5.92 Å². The predicted molar refractivity (Wildman–Crippen MR) is 161 cm³/mol. The van der Waals surface area contributed by atoms with Gasteiger partial charge in [-0.15, -0.1) is 0 Å². The van der Waals surface area contributed by atoms with E-state index in [1.54, 1.807) is 4.90 Å². The Labute approximate surface area is 240 Å². The zero-order valence-electron chi connectivity index (χ0n) is 24.7. The van der Waals surface area contributed by atoms with E-state index >= 15 is 0 Å². The molecule has 218 valence electrons. The third-order valence-electron chi connectivity index (χ3n) is 7.54. The molecule has 1 heterocycles. The number of hydrogen-bond acceptors (Lipinski definition) is 5. The molecular formula is C33H47N3O4. The summed E-state index contributed by atoms with van der Waals surface area (Å²) in [6.07, 6.45) is 6.42. The van der Waals surface area contributed by atoms with Gasteiger partial charge in [-0.3, -0.25) is 14.4 Å². The number of anilines is 1. The van der Waals surface area contributed by atoms with Crippen LogP contribution in [-0.4, -0.2) is 49.6 Å². The van der Waals surface area contributed by atoms with Crippen LogP contribution in [0.5, 0.6) is 0 Å². The minimum atomic E-state index is -0.548. The average molecular weight is 550 g/mol. The molecule has 1 fully saturated rings. The lowest BCUT2D eigenvalue weighted by Gasteiger charge is -2.29. The maximum absolute atomic E-state index is 13.7. The topological polar surface area (TPSA) is 87.7 Å². The second-order valence-electron chi connectivity index (χ2n) is 11.5. The zero-order valence-corrected chi connectivity index (χ0v) is 24.7. The van der Waals surface area contributed by atoms with Crippen LogP contribution in [0.25, 0.3) is 0 Å². The monoisotopic (exact) mass is 549 g/mol. The molecular weight excluding hydrogens is 502 g/mol. The molecule has 2 aromatic carbocycles. The van der Waals surface area contributed by atoms with Crippen molar-refractivity contribution in [2.45, 2.75) is 97.2 Å². The zero-order chi connectivity index (χ0) is 28.9. The molecule has 7 nitrogen and oxygen atoms in total. The molecule has 1 saturated heterocycles. The van der Waals surface area contributed by atoms with Gasteiger partial charge in [0.1, 0.15) is 6.10 Å². The SMILES string of the molecule is CCCc1cc(C(=O)NC(Cc2ccccc2)C(CNC(C)CCCC(C)C)OC=O)cc(N2CCCC2=O)c1. The van der Waals surface area contributed by atoms with Crippen LogP contribution >= 0.6 is 0 Å². The lowest BCUT2D eigenvalue weighted by molar-refractivity contribution is -0.134. The van der Waals surface area contributed by atoms with E-state index in [0.29, 0.717) is 43.9 Å². The molecule has 0 aliphatic carbocycles. The van der Waals surface area contributed by atoms with Crippen molar-refractivity contribution in [3.63, 3.8) is 0 Å². The molecule has 3 unspecified atom stereocenters. The van der Waals surface area contributed by atoms with Gasteiger partial charge in [0.25, 0.3) is 12.4 Å². The molecule has 40 heavy (non-hydrogen) atoms. The molecule has 1 aliphatic rings. The standard InChI is InChI=1S/C33H47N3O4/c1-5-11-27-18-28(21-29(19-27)36-17-10-16-32(36)38)33(39)35-30(20-26-14-7-6-8-15-26)31(40-23-37)22-34-25(4)13-9-12-24(2)3/h6-8,14-15,18-19,21,23-25,30-31,34H,5,9-13,16-17,20,22H2,1-4H3,(H,35,39). The number of carbonyl (C=O) groups excluding carboxylic acids is 3. The molecule has 0 spiro atoms. The van der Waals surface area contributed by atoms with Gasteiger partial charge in [0, 0.05) is 36.8 Å². The van der Waals surface area contributed by atoms with Gasteiger partial charge in [0.05, 0.1) is 6.04 Å². The van der Waals surface area contributed by atoms with Crippen molar-refractivity contribution in [2.75, 3.05) is 18.0 Å². The van der Waals surface area contributed by atoms with E-state index in [-0.39, 0.29) is 17.9 Å². The summed E-state index contributed by atoms with van der Waals surface area (Å²) < 4.78 is 5.58. The number of benzene rings is 2. The molecule has 2 aromatic rings. The number of amides is 2. The van der Waals surface area contributed by atoms with E-state index in [1.165, 1.54) is 6.42 Å². The summed E-state index contributed by atoms with van der Waals surface area (Å²) in [5.74, 6) is 0.523. The first-order valence-electron chi connectivity index (χ1n) is 14.9. The average Bonchev–Trinajstić information content (AvgIpc) is 3.37. The van der Waals surface area contributed by atoms with Crippen molar-refractivity contribution >= 4 is 24.0 Å². The van der Waals surface area contributed by atoms with Gasteiger partial charge >= 0.3 is 0 Å². The van der Waals surface area contributed by atoms with Crippen LogP contribution in [0.4, 0.5) is 5.69 Å². The molecule has 3 atom stereocenters. The van der Waals surface area contributed by atoms with Gasteiger partial charge in [0.2, 0.25) is 5.91 Å². The van der Waals surface area contributed by atoms with Crippen molar-refractivity contribution in [1.82, 2.24) is 10.6 Å². The molecule has 0 aromatic heterocycles. The molecule has 1 aliphatic heterocycles. The van der Waals surface area contributed by atoms with E-state index in [0.717, 1.165) is 48.9 Å². The predicted octanol–water partition coefficient (Wildman–Crippen LogP) is 5.45. The maximum atomic E-state index is 13.7. The Balaban J connectivity index is 1.81. The highest BCUT2D eigenvalue weighted by Gasteiger charge is 2.28. The Morgan fingerprint density at radius 3 is 2.50 bits per heavy atom. The minimum absolute atomic E-state index is 0.0926. The van der Waals surface area contributed by atoms with Gasteiger partial charge in [-0.25, -0.2) is 0 Å². The Morgan fingerprint density at radius 1 is 1.07 bits per heavy atom. The van der Waals surface area contributed by atoms with Crippen molar-refractivity contribution in [3.8, 4) is 0 Å². The molecule has 2 N–H and O–H groups in total. The summed E-state index contributed by atoms with van der Waals surface area (Å²) >= 11 is 0. The normalized spacial score (nSPS) is 15.6. The van der Waals surface area contributed by atoms with Crippen molar-refractivity contribution in [3.05, 3.63) is 65.2 Å². The molecule has 7 heteroatoms. The highest BCUT2D eigenvalue weighted by molar-refractivity contribution is 5.99. The molecule has 0 saturated carbocycles. The van der Waals surface area contributed by atoms with Crippen LogP contribution < -0.4 is 15.5 Å². The smallest absolute Gasteiger partial charge is 0.293 e. The number of aryl methyl sites for hydroxylation is 1. The van der Waals surface area contributed by atoms with Gasteiger partial charge < -0.3 is 20.3 Å². The number of ether oxygens (including phenoxy) is 1.